The summed E-state index contributed by atoms with van der Waals surface area (Å²) in [5, 5.41) is 4.25. The van der Waals surface area contributed by atoms with Crippen LogP contribution in [0.15, 0.2) is 59.1 Å². The molecule has 1 heterocycles. The summed E-state index contributed by atoms with van der Waals surface area (Å²) in [5.41, 5.74) is 3.46. The minimum atomic E-state index is 0.769. The predicted molar refractivity (Wildman–Crippen MR) is 93.4 cm³/mol. The van der Waals surface area contributed by atoms with E-state index in [-0.39, 0.29) is 0 Å². The smallest absolute Gasteiger partial charge is 0.125 e. The second kappa shape index (κ2) is 6.52. The fraction of sp³-hybridized carbons (Fsp3) is 0.118. The molecule has 1 N–H and O–H groups in total. The molecule has 0 amide bonds. The Bertz CT molecular complexity index is 738. The van der Waals surface area contributed by atoms with Crippen LogP contribution >= 0.6 is 27.3 Å². The zero-order chi connectivity index (χ0) is 14.7. The van der Waals surface area contributed by atoms with E-state index in [1.165, 1.54) is 10.4 Å². The van der Waals surface area contributed by atoms with E-state index >= 15 is 0 Å². The maximum absolute atomic E-state index is 4.83. The Balaban J connectivity index is 2.11. The monoisotopic (exact) mass is 358 g/mol. The third kappa shape index (κ3) is 3.07. The van der Waals surface area contributed by atoms with Gasteiger partial charge in [-0.3, -0.25) is 0 Å². The SMILES string of the molecule is CNCc1nc(-c2ccccc2Br)sc1-c1ccccc1. The Morgan fingerprint density at radius 3 is 2.48 bits per heavy atom. The molecule has 2 aromatic carbocycles. The molecule has 0 bridgehead atoms. The highest BCUT2D eigenvalue weighted by Crippen LogP contribution is 2.37. The molecule has 0 spiro atoms. The molecule has 0 saturated carbocycles. The summed E-state index contributed by atoms with van der Waals surface area (Å²) < 4.78 is 1.08. The first-order valence-corrected chi connectivity index (χ1v) is 8.35. The van der Waals surface area contributed by atoms with Crippen molar-refractivity contribution in [1.82, 2.24) is 10.3 Å². The quantitative estimate of drug-likeness (QED) is 0.712. The minimum absolute atomic E-state index is 0.769. The van der Waals surface area contributed by atoms with Gasteiger partial charge in [0.05, 0.1) is 10.6 Å². The zero-order valence-electron chi connectivity index (χ0n) is 11.6. The number of halogens is 1. The van der Waals surface area contributed by atoms with Crippen LogP contribution in [-0.4, -0.2) is 12.0 Å². The van der Waals surface area contributed by atoms with Gasteiger partial charge < -0.3 is 5.32 Å². The van der Waals surface area contributed by atoms with Gasteiger partial charge in [0.25, 0.3) is 0 Å². The fourth-order valence-corrected chi connectivity index (χ4v) is 3.93. The molecule has 0 atom stereocenters. The van der Waals surface area contributed by atoms with Crippen LogP contribution in [0.2, 0.25) is 0 Å². The Labute approximate surface area is 137 Å². The van der Waals surface area contributed by atoms with Crippen LogP contribution in [0.25, 0.3) is 21.0 Å². The number of hydrogen-bond donors (Lipinski definition) is 1. The van der Waals surface area contributed by atoms with Gasteiger partial charge in [0.1, 0.15) is 5.01 Å². The van der Waals surface area contributed by atoms with Crippen LogP contribution in [0.4, 0.5) is 0 Å². The van der Waals surface area contributed by atoms with Crippen molar-refractivity contribution in [2.24, 2.45) is 0 Å². The van der Waals surface area contributed by atoms with Crippen LogP contribution < -0.4 is 5.32 Å². The van der Waals surface area contributed by atoms with E-state index in [1.54, 1.807) is 11.3 Å². The molecule has 0 aliphatic rings. The Morgan fingerprint density at radius 1 is 1.05 bits per heavy atom. The van der Waals surface area contributed by atoms with Gasteiger partial charge in [-0.05, 0) is 18.7 Å². The molecule has 0 radical (unpaired) electrons. The summed E-state index contributed by atoms with van der Waals surface area (Å²) in [7, 11) is 1.95. The van der Waals surface area contributed by atoms with Crippen LogP contribution in [0, 0.1) is 0 Å². The molecule has 1 aromatic heterocycles. The number of aromatic nitrogens is 1. The first kappa shape index (κ1) is 14.4. The van der Waals surface area contributed by atoms with Crippen LogP contribution in [0.5, 0.6) is 0 Å². The van der Waals surface area contributed by atoms with E-state index in [0.29, 0.717) is 0 Å². The molecular formula is C17H15BrN2S. The predicted octanol–water partition coefficient (Wildman–Crippen LogP) is 4.96. The Hall–Kier alpha value is -1.49. The Morgan fingerprint density at radius 2 is 1.76 bits per heavy atom. The van der Waals surface area contributed by atoms with Crippen LogP contribution in [0.3, 0.4) is 0 Å². The lowest BCUT2D eigenvalue weighted by atomic mass is 10.1. The number of thiazole rings is 1. The minimum Gasteiger partial charge on any atom is -0.314 e. The number of nitrogens with zero attached hydrogens (tertiary/aromatic N) is 1. The summed E-state index contributed by atoms with van der Waals surface area (Å²) in [4.78, 5) is 6.07. The van der Waals surface area contributed by atoms with Crippen molar-refractivity contribution in [3.8, 4) is 21.0 Å². The van der Waals surface area contributed by atoms with Gasteiger partial charge in [0.2, 0.25) is 0 Å². The number of rotatable bonds is 4. The van der Waals surface area contributed by atoms with Crippen molar-refractivity contribution >= 4 is 27.3 Å². The van der Waals surface area contributed by atoms with Crippen molar-refractivity contribution in [1.29, 1.82) is 0 Å². The molecule has 4 heteroatoms. The van der Waals surface area contributed by atoms with E-state index in [1.807, 2.05) is 25.2 Å². The van der Waals surface area contributed by atoms with E-state index in [4.69, 9.17) is 4.98 Å². The largest absolute Gasteiger partial charge is 0.314 e. The zero-order valence-corrected chi connectivity index (χ0v) is 14.0. The molecule has 2 nitrogen and oxygen atoms in total. The van der Waals surface area contributed by atoms with Crippen LogP contribution in [-0.2, 0) is 6.54 Å². The van der Waals surface area contributed by atoms with Gasteiger partial charge in [0.15, 0.2) is 0 Å². The lowest BCUT2D eigenvalue weighted by Crippen LogP contribution is -2.06. The molecule has 0 unspecified atom stereocenters. The molecule has 0 aliphatic carbocycles. The van der Waals surface area contributed by atoms with Crippen molar-refractivity contribution in [3.63, 3.8) is 0 Å². The third-order valence-electron chi connectivity index (χ3n) is 3.18. The maximum atomic E-state index is 4.83. The summed E-state index contributed by atoms with van der Waals surface area (Å²) in [6.45, 7) is 0.769. The summed E-state index contributed by atoms with van der Waals surface area (Å²) in [5.74, 6) is 0. The van der Waals surface area contributed by atoms with Gasteiger partial charge in [-0.2, -0.15) is 0 Å². The standard InChI is InChI=1S/C17H15BrN2S/c1-19-11-15-16(12-7-3-2-4-8-12)21-17(20-15)13-9-5-6-10-14(13)18/h2-10,19H,11H2,1H3. The van der Waals surface area contributed by atoms with Gasteiger partial charge in [-0.15, -0.1) is 11.3 Å². The van der Waals surface area contributed by atoms with E-state index < -0.39 is 0 Å². The molecule has 0 fully saturated rings. The van der Waals surface area contributed by atoms with Gasteiger partial charge in [0, 0.05) is 16.6 Å². The van der Waals surface area contributed by atoms with Gasteiger partial charge >= 0.3 is 0 Å². The Kier molecular flexibility index (Phi) is 4.48. The van der Waals surface area contributed by atoms with Crippen molar-refractivity contribution < 1.29 is 0 Å². The van der Waals surface area contributed by atoms with Gasteiger partial charge in [-0.25, -0.2) is 4.98 Å². The lowest BCUT2D eigenvalue weighted by Gasteiger charge is -2.00. The average molecular weight is 359 g/mol. The molecule has 21 heavy (non-hydrogen) atoms. The molecular weight excluding hydrogens is 344 g/mol. The van der Waals surface area contributed by atoms with Crippen molar-refractivity contribution in [2.75, 3.05) is 7.05 Å². The van der Waals surface area contributed by atoms with E-state index in [2.05, 4.69) is 57.6 Å². The van der Waals surface area contributed by atoms with Gasteiger partial charge in [-0.1, -0.05) is 64.5 Å². The summed E-state index contributed by atoms with van der Waals surface area (Å²) in [6.07, 6.45) is 0. The highest BCUT2D eigenvalue weighted by Gasteiger charge is 2.14. The number of nitrogens with one attached hydrogen (secondary N) is 1. The molecule has 3 rings (SSSR count). The summed E-state index contributed by atoms with van der Waals surface area (Å²) >= 11 is 5.35. The average Bonchev–Trinajstić information content (AvgIpc) is 2.93. The first-order chi connectivity index (χ1) is 10.3. The highest BCUT2D eigenvalue weighted by molar-refractivity contribution is 9.10. The maximum Gasteiger partial charge on any atom is 0.125 e. The normalized spacial score (nSPS) is 10.8. The molecule has 0 aliphatic heterocycles. The summed E-state index contributed by atoms with van der Waals surface area (Å²) in [6, 6.07) is 18.7. The number of benzene rings is 2. The molecule has 3 aromatic rings. The van der Waals surface area contributed by atoms with Crippen molar-refractivity contribution in [3.05, 3.63) is 64.8 Å². The second-order valence-corrected chi connectivity index (χ2v) is 6.52. The number of hydrogen-bond acceptors (Lipinski definition) is 3. The molecule has 106 valence electrons. The first-order valence-electron chi connectivity index (χ1n) is 6.74. The van der Waals surface area contributed by atoms with Crippen LogP contribution in [0.1, 0.15) is 5.69 Å². The third-order valence-corrected chi connectivity index (χ3v) is 5.05. The van der Waals surface area contributed by atoms with E-state index in [9.17, 15) is 0 Å². The van der Waals surface area contributed by atoms with E-state index in [0.717, 1.165) is 27.3 Å². The lowest BCUT2D eigenvalue weighted by molar-refractivity contribution is 0.799. The second-order valence-electron chi connectivity index (χ2n) is 4.67. The molecule has 0 saturated heterocycles. The fourth-order valence-electron chi connectivity index (χ4n) is 2.20. The topological polar surface area (TPSA) is 24.9 Å². The van der Waals surface area contributed by atoms with Crippen molar-refractivity contribution in [2.45, 2.75) is 6.54 Å². The highest BCUT2D eigenvalue weighted by atomic mass is 79.9.